The normalized spacial score (nSPS) is 23.6. The van der Waals surface area contributed by atoms with Gasteiger partial charge in [0.05, 0.1) is 57.0 Å². The van der Waals surface area contributed by atoms with Crippen LogP contribution in [0.1, 0.15) is 159 Å². The van der Waals surface area contributed by atoms with Crippen LogP contribution in [0.15, 0.2) is 24.3 Å². The van der Waals surface area contributed by atoms with Crippen molar-refractivity contribution >= 4 is 70.9 Å². The van der Waals surface area contributed by atoms with Gasteiger partial charge in [0.1, 0.15) is 47.8 Å². The number of hydrogen-bond donors (Lipinski definition) is 4. The Morgan fingerprint density at radius 1 is 0.618 bits per heavy atom. The number of nitrogens with zero attached hydrogens (tertiary/aromatic N) is 9. The van der Waals surface area contributed by atoms with E-state index in [9.17, 15) is 56.6 Å². The number of carbonyl (C=O) groups excluding carboxylic acids is 12. The maximum Gasteiger partial charge on any atom is 0.416 e. The minimum absolute atomic E-state index is 0.0132. The number of alkyl halides is 3. The first-order chi connectivity index (χ1) is 47.3. The van der Waals surface area contributed by atoms with Crippen LogP contribution in [0.25, 0.3) is 0 Å². The lowest BCUT2D eigenvalue weighted by Gasteiger charge is -2.40. The summed E-state index contributed by atoms with van der Waals surface area (Å²) >= 11 is 0. The first-order valence-corrected chi connectivity index (χ1v) is 35.6. The second-order valence-corrected chi connectivity index (χ2v) is 30.0. The molecule has 2 heterocycles. The van der Waals surface area contributed by atoms with Crippen LogP contribution in [0.2, 0.25) is 0 Å². The number of benzene rings is 1. The van der Waals surface area contributed by atoms with Crippen LogP contribution < -0.4 is 16.0 Å². The molecule has 0 bridgehead atoms. The molecule has 3 rings (SSSR count). The number of aliphatic hydroxyl groups is 1. The number of likely N-dealkylation sites (N-methyl/N-ethyl adjacent to an activating group) is 8. The molecule has 12 amide bonds. The maximum absolute atomic E-state index is 15.4. The summed E-state index contributed by atoms with van der Waals surface area (Å²) in [5.74, 6) is -10.1. The highest BCUT2D eigenvalue weighted by atomic mass is 19.4. The van der Waals surface area contributed by atoms with Crippen molar-refractivity contribution in [1.29, 1.82) is 0 Å². The number of amides is 12. The van der Waals surface area contributed by atoms with Gasteiger partial charge in [-0.2, -0.15) is 13.2 Å². The van der Waals surface area contributed by atoms with Crippen LogP contribution in [0.4, 0.5) is 13.2 Å². The van der Waals surface area contributed by atoms with Crippen LogP contribution in [0, 0.1) is 23.7 Å². The molecule has 30 heteroatoms. The maximum atomic E-state index is 15.4. The van der Waals surface area contributed by atoms with E-state index in [4.69, 9.17) is 9.47 Å². The molecule has 2 saturated heterocycles. The fraction of sp³-hybridized carbons (Fsp3) is 0.750. The van der Waals surface area contributed by atoms with Crippen LogP contribution in [0.5, 0.6) is 0 Å². The average molecular weight is 1450 g/mol. The Hall–Kier alpha value is -7.47. The molecule has 0 aromatic heterocycles. The molecule has 8 atom stereocenters. The van der Waals surface area contributed by atoms with Gasteiger partial charge in [-0.25, -0.2) is 0 Å². The molecule has 2 fully saturated rings. The van der Waals surface area contributed by atoms with E-state index >= 15 is 19.2 Å². The molecular formula is C72H119F3N12O15. The monoisotopic (exact) mass is 1450 g/mol. The van der Waals surface area contributed by atoms with Crippen molar-refractivity contribution in [3.05, 3.63) is 35.4 Å². The van der Waals surface area contributed by atoms with Crippen LogP contribution >= 0.6 is 0 Å². The molecule has 0 unspecified atom stereocenters. The number of rotatable bonds is 20. The number of piperidine rings is 1. The predicted octanol–water partition coefficient (Wildman–Crippen LogP) is 3.81. The van der Waals surface area contributed by atoms with Gasteiger partial charge in [-0.3, -0.25) is 57.5 Å². The number of nitrogens with one attached hydrogen (secondary N) is 3. The van der Waals surface area contributed by atoms with E-state index in [-0.39, 0.29) is 69.8 Å². The Balaban J connectivity index is 2.37. The second-order valence-electron chi connectivity index (χ2n) is 30.0. The molecular weight excluding hydrogens is 1330 g/mol. The molecule has 4 N–H and O–H groups in total. The van der Waals surface area contributed by atoms with E-state index in [2.05, 4.69) is 16.0 Å². The van der Waals surface area contributed by atoms with Gasteiger partial charge in [0.25, 0.3) is 0 Å². The van der Waals surface area contributed by atoms with E-state index in [1.165, 1.54) is 99.0 Å². The third-order valence-electron chi connectivity index (χ3n) is 18.8. The largest absolute Gasteiger partial charge is 0.416 e. The zero-order chi connectivity index (χ0) is 77.6. The lowest BCUT2D eigenvalue weighted by molar-refractivity contribution is -0.155. The fourth-order valence-corrected chi connectivity index (χ4v) is 12.0. The van der Waals surface area contributed by atoms with Gasteiger partial charge in [-0.15, -0.1) is 0 Å². The van der Waals surface area contributed by atoms with Crippen molar-refractivity contribution in [2.45, 2.75) is 214 Å². The average Bonchev–Trinajstić information content (AvgIpc) is 0.807. The number of hydrogen-bond acceptors (Lipinski definition) is 15. The van der Waals surface area contributed by atoms with Gasteiger partial charge in [-0.05, 0) is 127 Å². The summed E-state index contributed by atoms with van der Waals surface area (Å²) < 4.78 is 52.9. The summed E-state index contributed by atoms with van der Waals surface area (Å²) in [5.41, 5.74) is -4.02. The Labute approximate surface area is 601 Å². The van der Waals surface area contributed by atoms with Gasteiger partial charge in [0.15, 0.2) is 0 Å². The molecule has 102 heavy (non-hydrogen) atoms. The van der Waals surface area contributed by atoms with Crippen molar-refractivity contribution in [3.8, 4) is 0 Å². The minimum atomic E-state index is -4.67. The van der Waals surface area contributed by atoms with Crippen molar-refractivity contribution in [3.63, 3.8) is 0 Å². The summed E-state index contributed by atoms with van der Waals surface area (Å²) in [6.45, 7) is 19.5. The van der Waals surface area contributed by atoms with Crippen LogP contribution in [-0.2, 0) is 79.6 Å². The van der Waals surface area contributed by atoms with E-state index in [1.54, 1.807) is 18.7 Å². The van der Waals surface area contributed by atoms with Gasteiger partial charge in [0.2, 0.25) is 70.9 Å². The Kier molecular flexibility index (Phi) is 34.8. The molecule has 1 aromatic rings. The highest BCUT2D eigenvalue weighted by molar-refractivity contribution is 6.00. The van der Waals surface area contributed by atoms with Gasteiger partial charge >= 0.3 is 6.18 Å². The smallest absolute Gasteiger partial charge is 0.388 e. The number of aryl methyl sites for hydroxylation is 1. The topological polar surface area (TPSA) is 309 Å². The summed E-state index contributed by atoms with van der Waals surface area (Å²) in [7, 11) is 9.23. The standard InChI is InChI=1S/C72H119F3N12O15/c1-21-48(9)61-68(98)86(22-2)41-59(90)79(14)40-60(91)82(17)56(43-101-35-32-45(3)4)65(95)80(15)39-57(88)76-51(31-28-49-26-29-50(30-27-49)72(73,74)75)64(94)84(19)55(42-102-44-70(10,11)100)63(93)78-71(12,13)69(99)85(20)53(37-47(7)8)66(96)83(18)54(67(97)87-33-24-23-25-34-87)38-58(89)81(16)52(36-46(5)6)62(92)77-61/h26-27,29-30,45-48,51-56,61,100H,21-25,28,31-44H2,1-20H3,(H,76,88)(H,77,92)(H,78,93)/t48-,51-,52-,53-,54+,55-,56-,61-/m0/s1. The molecule has 27 nitrogen and oxygen atoms in total. The lowest BCUT2D eigenvalue weighted by Crippen LogP contribution is -2.64. The molecule has 2 aliphatic heterocycles. The second kappa shape index (κ2) is 40.0. The molecule has 0 spiro atoms. The van der Waals surface area contributed by atoms with Crippen molar-refractivity contribution < 1.29 is 85.3 Å². The van der Waals surface area contributed by atoms with E-state index in [1.807, 2.05) is 48.5 Å². The number of ether oxygens (including phenoxy) is 2. The first-order valence-electron chi connectivity index (χ1n) is 35.6. The summed E-state index contributed by atoms with van der Waals surface area (Å²) in [6, 6.07) is -5.82. The molecule has 0 saturated carbocycles. The zero-order valence-electron chi connectivity index (χ0n) is 64.1. The molecule has 1 aromatic carbocycles. The fourth-order valence-electron chi connectivity index (χ4n) is 12.0. The van der Waals surface area contributed by atoms with Crippen molar-refractivity contribution in [2.75, 3.05) is 115 Å². The Morgan fingerprint density at radius 3 is 1.73 bits per heavy atom. The van der Waals surface area contributed by atoms with E-state index in [0.29, 0.717) is 44.3 Å². The Bertz CT molecular complexity index is 3010. The third kappa shape index (κ3) is 26.7. The van der Waals surface area contributed by atoms with Crippen LogP contribution in [-0.4, -0.2) is 289 Å². The lowest BCUT2D eigenvalue weighted by atomic mass is 9.95. The predicted molar refractivity (Wildman–Crippen MR) is 377 cm³/mol. The van der Waals surface area contributed by atoms with E-state index < -0.39 is 175 Å². The quantitative estimate of drug-likeness (QED) is 0.135. The summed E-state index contributed by atoms with van der Waals surface area (Å²) in [5, 5.41) is 19.0. The molecule has 0 radical (unpaired) electrons. The first kappa shape index (κ1) is 88.7. The van der Waals surface area contributed by atoms with Gasteiger partial charge < -0.3 is 74.6 Å². The summed E-state index contributed by atoms with van der Waals surface area (Å²) in [6.07, 6.45) is -2.52. The molecule has 0 aliphatic carbocycles. The van der Waals surface area contributed by atoms with Crippen molar-refractivity contribution in [1.82, 2.24) is 60.0 Å². The third-order valence-corrected chi connectivity index (χ3v) is 18.8. The minimum Gasteiger partial charge on any atom is -0.388 e. The molecule has 578 valence electrons. The van der Waals surface area contributed by atoms with Gasteiger partial charge in [-0.1, -0.05) is 73.9 Å². The highest BCUT2D eigenvalue weighted by Gasteiger charge is 2.45. The number of carbonyl (C=O) groups is 12. The number of halogens is 3. The zero-order valence-corrected chi connectivity index (χ0v) is 64.1. The summed E-state index contributed by atoms with van der Waals surface area (Å²) in [4.78, 5) is 188. The van der Waals surface area contributed by atoms with Gasteiger partial charge in [0, 0.05) is 75.6 Å². The highest BCUT2D eigenvalue weighted by Crippen LogP contribution is 2.30. The Morgan fingerprint density at radius 2 is 1.19 bits per heavy atom. The van der Waals surface area contributed by atoms with E-state index in [0.717, 1.165) is 48.0 Å². The van der Waals surface area contributed by atoms with Crippen LogP contribution in [0.3, 0.4) is 0 Å². The van der Waals surface area contributed by atoms with Crippen molar-refractivity contribution in [2.24, 2.45) is 23.7 Å². The number of likely N-dealkylation sites (tertiary alicyclic amines) is 1. The SMILES string of the molecule is CC[C@H](C)[C@@H]1NC(=O)[C@H](CC(C)C)N(C)C(=O)C[C@H](C(=O)N2CCCCC2)N(C)C(=O)[C@H](CC(C)C)N(C)C(=O)C(C)(C)NC(=O)[C@H](COCC(C)(C)O)N(C)C(=O)[C@H](CCc2ccc(C(F)(F)F)cc2)NC(=O)CN(C)C(=O)[C@H](COCCC(C)C)N(C)C(=O)CN(C)C(=O)CN(CC)C1=O. The molecule has 2 aliphatic rings.